The van der Waals surface area contributed by atoms with Crippen LogP contribution in [0.1, 0.15) is 35.3 Å². The molecule has 2 amide bonds. The molecule has 2 saturated heterocycles. The number of carbonyl (C=O) groups excluding carboxylic acids is 2. The van der Waals surface area contributed by atoms with Crippen molar-refractivity contribution in [2.75, 3.05) is 49.8 Å². The Balaban J connectivity index is 1.14. The fourth-order valence-corrected chi connectivity index (χ4v) is 5.78. The van der Waals surface area contributed by atoms with E-state index in [0.717, 1.165) is 56.8 Å². The molecule has 0 saturated carbocycles. The summed E-state index contributed by atoms with van der Waals surface area (Å²) >= 11 is 0. The van der Waals surface area contributed by atoms with E-state index in [-0.39, 0.29) is 18.2 Å². The Morgan fingerprint density at radius 2 is 1.95 bits per heavy atom. The van der Waals surface area contributed by atoms with Gasteiger partial charge in [-0.05, 0) is 48.4 Å². The molecule has 2 aromatic carbocycles. The van der Waals surface area contributed by atoms with E-state index in [1.807, 2.05) is 48.5 Å². The van der Waals surface area contributed by atoms with Crippen LogP contribution in [0, 0.1) is 11.2 Å². The predicted octanol–water partition coefficient (Wildman–Crippen LogP) is 3.23. The summed E-state index contributed by atoms with van der Waals surface area (Å²) in [6, 6.07) is 14.3. The van der Waals surface area contributed by atoms with E-state index >= 15 is 0 Å². The van der Waals surface area contributed by atoms with Crippen molar-refractivity contribution in [3.05, 3.63) is 71.8 Å². The molecule has 204 valence electrons. The van der Waals surface area contributed by atoms with Crippen LogP contribution in [0.3, 0.4) is 0 Å². The third-order valence-corrected chi connectivity index (χ3v) is 8.12. The molecule has 1 spiro atoms. The number of halogens is 1. The van der Waals surface area contributed by atoms with Gasteiger partial charge in [-0.1, -0.05) is 30.3 Å². The fourth-order valence-electron chi connectivity index (χ4n) is 5.78. The molecule has 1 N–H and O–H groups in total. The number of hydrogen-bond donors (Lipinski definition) is 1. The number of ether oxygens (including phenoxy) is 2. The predicted molar refractivity (Wildman–Crippen MR) is 144 cm³/mol. The highest BCUT2D eigenvalue weighted by molar-refractivity contribution is 6.03. The molecule has 1 atom stereocenters. The number of aromatic nitrogens is 2. The maximum atomic E-state index is 14.6. The number of amides is 2. The molecular formula is C29H32FN5O4. The zero-order valence-electron chi connectivity index (χ0n) is 21.9. The molecular weight excluding hydrogens is 501 g/mol. The second-order valence-electron chi connectivity index (χ2n) is 10.7. The number of fused-ring (bicyclic) bond motifs is 1. The van der Waals surface area contributed by atoms with Gasteiger partial charge in [-0.3, -0.25) is 14.3 Å². The average molecular weight is 534 g/mol. The summed E-state index contributed by atoms with van der Waals surface area (Å²) in [4.78, 5) is 30.2. The normalized spacial score (nSPS) is 20.5. The Kier molecular flexibility index (Phi) is 6.72. The van der Waals surface area contributed by atoms with Crippen molar-refractivity contribution in [2.45, 2.75) is 31.8 Å². The number of benzene rings is 2. The first kappa shape index (κ1) is 25.4. The van der Waals surface area contributed by atoms with Crippen molar-refractivity contribution in [3.63, 3.8) is 0 Å². The van der Waals surface area contributed by atoms with Crippen LogP contribution in [0.25, 0.3) is 0 Å². The van der Waals surface area contributed by atoms with Gasteiger partial charge in [0.25, 0.3) is 11.8 Å². The van der Waals surface area contributed by atoms with Crippen LogP contribution in [-0.2, 0) is 16.1 Å². The molecule has 6 rings (SSSR count). The molecule has 3 aliphatic rings. The van der Waals surface area contributed by atoms with Gasteiger partial charge in [0.1, 0.15) is 18.4 Å². The van der Waals surface area contributed by atoms with Crippen LogP contribution in [0.5, 0.6) is 5.75 Å². The highest BCUT2D eigenvalue weighted by atomic mass is 19.1. The number of nitrogens with zero attached hydrogens (tertiary/aromatic N) is 4. The van der Waals surface area contributed by atoms with Crippen molar-refractivity contribution in [1.82, 2.24) is 15.1 Å². The highest BCUT2D eigenvalue weighted by Gasteiger charge is 2.40. The van der Waals surface area contributed by atoms with E-state index in [2.05, 4.69) is 15.3 Å². The Morgan fingerprint density at radius 3 is 2.74 bits per heavy atom. The van der Waals surface area contributed by atoms with Crippen molar-refractivity contribution >= 4 is 23.2 Å². The van der Waals surface area contributed by atoms with Gasteiger partial charge < -0.3 is 24.6 Å². The lowest BCUT2D eigenvalue weighted by Gasteiger charge is -2.33. The molecule has 1 aromatic heterocycles. The summed E-state index contributed by atoms with van der Waals surface area (Å²) in [6.45, 7) is 3.80. The third-order valence-electron chi connectivity index (χ3n) is 8.12. The Labute approximate surface area is 226 Å². The minimum Gasteiger partial charge on any atom is -0.489 e. The zero-order chi connectivity index (χ0) is 27.0. The van der Waals surface area contributed by atoms with E-state index in [4.69, 9.17) is 9.47 Å². The zero-order valence-corrected chi connectivity index (χ0v) is 21.9. The van der Waals surface area contributed by atoms with Crippen LogP contribution < -0.4 is 19.9 Å². The SMILES string of the molecule is CN1C(=O)[C@H](NC(=O)c2nn(Cc3ccccc3)cc2F)COc2ccc(N3CCC4(CCOCC4)C3)cc21. The molecule has 3 aromatic rings. The average Bonchev–Trinajstić information content (AvgIpc) is 3.50. The van der Waals surface area contributed by atoms with Gasteiger partial charge in [0.05, 0.1) is 18.4 Å². The number of hydrogen-bond acceptors (Lipinski definition) is 6. The van der Waals surface area contributed by atoms with Crippen molar-refractivity contribution in [3.8, 4) is 5.75 Å². The largest absolute Gasteiger partial charge is 0.489 e. The van der Waals surface area contributed by atoms with Gasteiger partial charge >= 0.3 is 0 Å². The molecule has 10 heteroatoms. The van der Waals surface area contributed by atoms with E-state index < -0.39 is 17.8 Å². The fraction of sp³-hybridized carbons (Fsp3) is 0.414. The van der Waals surface area contributed by atoms with Crippen molar-refractivity contribution in [1.29, 1.82) is 0 Å². The van der Waals surface area contributed by atoms with Gasteiger partial charge in [-0.2, -0.15) is 5.10 Å². The molecule has 39 heavy (non-hydrogen) atoms. The third kappa shape index (κ3) is 5.08. The maximum absolute atomic E-state index is 14.6. The molecule has 9 nitrogen and oxygen atoms in total. The summed E-state index contributed by atoms with van der Waals surface area (Å²) in [7, 11) is 1.66. The molecule has 3 aliphatic heterocycles. The molecule has 4 heterocycles. The lowest BCUT2D eigenvalue weighted by atomic mass is 9.80. The number of nitrogens with one attached hydrogen (secondary N) is 1. The second kappa shape index (κ2) is 10.3. The number of likely N-dealkylation sites (N-methyl/N-ethyl adjacent to an activating group) is 1. The topological polar surface area (TPSA) is 88.9 Å². The summed E-state index contributed by atoms with van der Waals surface area (Å²) in [6.07, 6.45) is 4.45. The van der Waals surface area contributed by atoms with Crippen molar-refractivity contribution < 1.29 is 23.5 Å². The molecule has 0 radical (unpaired) electrons. The lowest BCUT2D eigenvalue weighted by molar-refractivity contribution is -0.120. The maximum Gasteiger partial charge on any atom is 0.275 e. The second-order valence-corrected chi connectivity index (χ2v) is 10.7. The monoisotopic (exact) mass is 533 g/mol. The molecule has 0 aliphatic carbocycles. The highest BCUT2D eigenvalue weighted by Crippen LogP contribution is 2.43. The van der Waals surface area contributed by atoms with Crippen LogP contribution in [0.2, 0.25) is 0 Å². The first-order chi connectivity index (χ1) is 18.9. The van der Waals surface area contributed by atoms with Crippen molar-refractivity contribution in [2.24, 2.45) is 5.41 Å². The summed E-state index contributed by atoms with van der Waals surface area (Å²) < 4.78 is 27.5. The summed E-state index contributed by atoms with van der Waals surface area (Å²) in [5.74, 6) is -1.30. The minimum atomic E-state index is -0.991. The van der Waals surface area contributed by atoms with Crippen LogP contribution >= 0.6 is 0 Å². The Hall–Kier alpha value is -3.92. The number of rotatable bonds is 5. The van der Waals surface area contributed by atoms with Gasteiger partial charge in [-0.25, -0.2) is 4.39 Å². The first-order valence-electron chi connectivity index (χ1n) is 13.4. The standard InChI is InChI=1S/C29H32FN5O4/c1-33-24-15-21(34-12-9-29(19-34)10-13-38-14-11-29)7-8-25(24)39-18-23(28(33)37)31-27(36)26-22(30)17-35(32-26)16-20-5-3-2-4-6-20/h2-8,15,17,23H,9-14,16,18-19H2,1H3,(H,31,36)/t23-/m1/s1. The van der Waals surface area contributed by atoms with E-state index in [1.54, 1.807) is 7.05 Å². The van der Waals surface area contributed by atoms with E-state index in [1.165, 1.54) is 15.8 Å². The molecule has 0 bridgehead atoms. The van der Waals surface area contributed by atoms with E-state index in [0.29, 0.717) is 23.4 Å². The van der Waals surface area contributed by atoms with Gasteiger partial charge in [0.15, 0.2) is 11.5 Å². The minimum absolute atomic E-state index is 0.0690. The smallest absolute Gasteiger partial charge is 0.275 e. The lowest BCUT2D eigenvalue weighted by Crippen LogP contribution is -2.49. The Bertz CT molecular complexity index is 1370. The molecule has 0 unspecified atom stereocenters. The van der Waals surface area contributed by atoms with Gasteiger partial charge in [0, 0.05) is 39.0 Å². The number of carbonyl (C=O) groups is 2. The van der Waals surface area contributed by atoms with Crippen LogP contribution in [0.15, 0.2) is 54.7 Å². The summed E-state index contributed by atoms with van der Waals surface area (Å²) in [5.41, 5.74) is 2.54. The van der Waals surface area contributed by atoms with Crippen LogP contribution in [0.4, 0.5) is 15.8 Å². The van der Waals surface area contributed by atoms with Gasteiger partial charge in [0.2, 0.25) is 0 Å². The quantitative estimate of drug-likeness (QED) is 0.542. The summed E-state index contributed by atoms with van der Waals surface area (Å²) in [5, 5.41) is 6.74. The molecule has 2 fully saturated rings. The Morgan fingerprint density at radius 1 is 1.15 bits per heavy atom. The van der Waals surface area contributed by atoms with Crippen LogP contribution in [-0.4, -0.2) is 67.6 Å². The first-order valence-corrected chi connectivity index (χ1v) is 13.4. The van der Waals surface area contributed by atoms with E-state index in [9.17, 15) is 14.0 Å². The number of anilines is 2. The van der Waals surface area contributed by atoms with Gasteiger partial charge in [-0.15, -0.1) is 0 Å².